The summed E-state index contributed by atoms with van der Waals surface area (Å²) in [6, 6.07) is 3.45. The average Bonchev–Trinajstić information content (AvgIpc) is 2.55. The second kappa shape index (κ2) is 3.79. The van der Waals surface area contributed by atoms with E-state index in [4.69, 9.17) is 4.74 Å². The van der Waals surface area contributed by atoms with E-state index in [1.165, 1.54) is 11.3 Å². The number of phenols is 1. The largest absolute Gasteiger partial charge is 0.506 e. The first-order chi connectivity index (χ1) is 6.74. The number of fused-ring (bicyclic) bond motifs is 1. The van der Waals surface area contributed by atoms with Crippen LogP contribution >= 0.6 is 27.3 Å². The molecule has 0 amide bonds. The number of phenolic OH excluding ortho intramolecular Hbond substituents is 1. The van der Waals surface area contributed by atoms with Gasteiger partial charge >= 0.3 is 0 Å². The Hall–Kier alpha value is -0.740. The third-order valence-corrected chi connectivity index (χ3v) is 3.85. The van der Waals surface area contributed by atoms with Crippen molar-refractivity contribution in [2.45, 2.75) is 6.92 Å². The van der Waals surface area contributed by atoms with Crippen LogP contribution < -0.4 is 4.74 Å². The maximum absolute atomic E-state index is 9.61. The van der Waals surface area contributed by atoms with Gasteiger partial charge in [0.05, 0.1) is 16.7 Å². The van der Waals surface area contributed by atoms with Crippen molar-refractivity contribution in [3.8, 4) is 11.5 Å². The summed E-state index contributed by atoms with van der Waals surface area (Å²) in [6.07, 6.45) is 0. The van der Waals surface area contributed by atoms with E-state index in [0.29, 0.717) is 12.4 Å². The van der Waals surface area contributed by atoms with Crippen molar-refractivity contribution >= 4 is 37.4 Å². The molecule has 74 valence electrons. The van der Waals surface area contributed by atoms with Gasteiger partial charge in [-0.2, -0.15) is 0 Å². The monoisotopic (exact) mass is 272 g/mol. The van der Waals surface area contributed by atoms with E-state index in [2.05, 4.69) is 15.9 Å². The van der Waals surface area contributed by atoms with Crippen LogP contribution in [0, 0.1) is 0 Å². The summed E-state index contributed by atoms with van der Waals surface area (Å²) in [6.45, 7) is 2.57. The molecule has 0 saturated carbocycles. The number of rotatable bonds is 2. The smallest absolute Gasteiger partial charge is 0.133 e. The lowest BCUT2D eigenvalue weighted by Crippen LogP contribution is -1.91. The maximum Gasteiger partial charge on any atom is 0.133 e. The molecule has 2 nitrogen and oxygen atoms in total. The summed E-state index contributed by atoms with van der Waals surface area (Å²) in [4.78, 5) is 0. The molecule has 0 atom stereocenters. The molecule has 0 spiro atoms. The van der Waals surface area contributed by atoms with Gasteiger partial charge in [0.1, 0.15) is 11.5 Å². The lowest BCUT2D eigenvalue weighted by atomic mass is 10.2. The van der Waals surface area contributed by atoms with Crippen LogP contribution in [0.15, 0.2) is 22.0 Å². The minimum absolute atomic E-state index is 0.305. The number of hydrogen-bond donors (Lipinski definition) is 1. The van der Waals surface area contributed by atoms with Crippen molar-refractivity contribution in [3.05, 3.63) is 22.0 Å². The number of ether oxygens (including phenoxy) is 1. The van der Waals surface area contributed by atoms with Gasteiger partial charge in [-0.05, 0) is 35.0 Å². The molecule has 4 heteroatoms. The highest BCUT2D eigenvalue weighted by Crippen LogP contribution is 2.41. The molecule has 1 N–H and O–H groups in total. The topological polar surface area (TPSA) is 29.5 Å². The lowest BCUT2D eigenvalue weighted by molar-refractivity contribution is 0.344. The zero-order valence-corrected chi connectivity index (χ0v) is 9.98. The van der Waals surface area contributed by atoms with Crippen LogP contribution in [0.3, 0.4) is 0 Å². The Labute approximate surface area is 94.3 Å². The number of thiophene rings is 1. The molecule has 0 aliphatic heterocycles. The minimum Gasteiger partial charge on any atom is -0.506 e. The Morgan fingerprint density at radius 2 is 2.29 bits per heavy atom. The second-order valence-corrected chi connectivity index (χ2v) is 4.54. The molecular formula is C10H9BrO2S. The van der Waals surface area contributed by atoms with Crippen molar-refractivity contribution in [2.24, 2.45) is 0 Å². The van der Waals surface area contributed by atoms with Gasteiger partial charge in [-0.3, -0.25) is 0 Å². The quantitative estimate of drug-likeness (QED) is 0.902. The third-order valence-electron chi connectivity index (χ3n) is 1.92. The van der Waals surface area contributed by atoms with Crippen molar-refractivity contribution in [1.29, 1.82) is 0 Å². The fourth-order valence-corrected chi connectivity index (χ4v) is 3.01. The van der Waals surface area contributed by atoms with Gasteiger partial charge in [0.15, 0.2) is 0 Å². The van der Waals surface area contributed by atoms with E-state index in [9.17, 15) is 5.11 Å². The van der Waals surface area contributed by atoms with Gasteiger partial charge in [-0.1, -0.05) is 0 Å². The fraction of sp³-hybridized carbons (Fsp3) is 0.200. The summed E-state index contributed by atoms with van der Waals surface area (Å²) in [5.74, 6) is 1.12. The van der Waals surface area contributed by atoms with Gasteiger partial charge in [0, 0.05) is 9.85 Å². The van der Waals surface area contributed by atoms with Crippen LogP contribution in [0.5, 0.6) is 11.5 Å². The van der Waals surface area contributed by atoms with Gasteiger partial charge in [0.2, 0.25) is 0 Å². The van der Waals surface area contributed by atoms with Crippen molar-refractivity contribution in [3.63, 3.8) is 0 Å². The fourth-order valence-electron chi connectivity index (χ4n) is 1.34. The highest BCUT2D eigenvalue weighted by Gasteiger charge is 2.11. The number of aromatic hydroxyl groups is 1. The molecule has 14 heavy (non-hydrogen) atoms. The van der Waals surface area contributed by atoms with Crippen molar-refractivity contribution < 1.29 is 9.84 Å². The van der Waals surface area contributed by atoms with Gasteiger partial charge < -0.3 is 9.84 Å². The van der Waals surface area contributed by atoms with E-state index in [1.54, 1.807) is 12.1 Å². The molecule has 2 rings (SSSR count). The summed E-state index contributed by atoms with van der Waals surface area (Å²) >= 11 is 4.94. The average molecular weight is 273 g/mol. The Morgan fingerprint density at radius 3 is 3.00 bits per heavy atom. The predicted molar refractivity (Wildman–Crippen MR) is 62.4 cm³/mol. The zero-order valence-electron chi connectivity index (χ0n) is 7.58. The van der Waals surface area contributed by atoms with Gasteiger partial charge in [0.25, 0.3) is 0 Å². The SMILES string of the molecule is CCOc1ccc(O)c2scc(Br)c12. The summed E-state index contributed by atoms with van der Waals surface area (Å²) < 4.78 is 7.31. The molecule has 1 aromatic heterocycles. The van der Waals surface area contributed by atoms with E-state index in [1.807, 2.05) is 12.3 Å². The van der Waals surface area contributed by atoms with Crippen molar-refractivity contribution in [1.82, 2.24) is 0 Å². The highest BCUT2D eigenvalue weighted by molar-refractivity contribution is 9.10. The summed E-state index contributed by atoms with van der Waals surface area (Å²) in [5, 5.41) is 12.5. The molecule has 0 aliphatic carbocycles. The Morgan fingerprint density at radius 1 is 1.50 bits per heavy atom. The third kappa shape index (κ3) is 1.48. The lowest BCUT2D eigenvalue weighted by Gasteiger charge is -2.05. The first kappa shape index (κ1) is 9.80. The maximum atomic E-state index is 9.61. The highest BCUT2D eigenvalue weighted by atomic mass is 79.9. The standard InChI is InChI=1S/C10H9BrO2S/c1-2-13-8-4-3-7(12)10-9(8)6(11)5-14-10/h3-5,12H,2H2,1H3. The van der Waals surface area contributed by atoms with E-state index < -0.39 is 0 Å². The van der Waals surface area contributed by atoms with Gasteiger partial charge in [-0.25, -0.2) is 0 Å². The van der Waals surface area contributed by atoms with Gasteiger partial charge in [-0.15, -0.1) is 11.3 Å². The van der Waals surface area contributed by atoms with E-state index in [0.717, 1.165) is 20.3 Å². The Balaban J connectivity index is 2.72. The molecule has 0 bridgehead atoms. The van der Waals surface area contributed by atoms with E-state index >= 15 is 0 Å². The van der Waals surface area contributed by atoms with Crippen LogP contribution in [0.2, 0.25) is 0 Å². The van der Waals surface area contributed by atoms with Crippen LogP contribution in [-0.2, 0) is 0 Å². The molecule has 1 heterocycles. The van der Waals surface area contributed by atoms with Crippen LogP contribution in [0.4, 0.5) is 0 Å². The zero-order chi connectivity index (χ0) is 10.1. The number of hydrogen-bond acceptors (Lipinski definition) is 3. The predicted octanol–water partition coefficient (Wildman–Crippen LogP) is 3.77. The summed E-state index contributed by atoms with van der Waals surface area (Å²) in [5.41, 5.74) is 0. The first-order valence-electron chi connectivity index (χ1n) is 4.25. The van der Waals surface area contributed by atoms with Crippen molar-refractivity contribution in [2.75, 3.05) is 6.61 Å². The summed E-state index contributed by atoms with van der Waals surface area (Å²) in [7, 11) is 0. The Kier molecular flexibility index (Phi) is 2.65. The van der Waals surface area contributed by atoms with Crippen LogP contribution in [-0.4, -0.2) is 11.7 Å². The molecule has 0 aliphatic rings. The second-order valence-electron chi connectivity index (χ2n) is 2.80. The molecule has 1 aromatic carbocycles. The molecule has 0 unspecified atom stereocenters. The number of halogens is 1. The Bertz CT molecular complexity index is 464. The number of benzene rings is 1. The minimum atomic E-state index is 0.305. The molecule has 2 aromatic rings. The normalized spacial score (nSPS) is 10.7. The van der Waals surface area contributed by atoms with Crippen LogP contribution in [0.25, 0.3) is 10.1 Å². The van der Waals surface area contributed by atoms with Crippen LogP contribution in [0.1, 0.15) is 6.92 Å². The first-order valence-corrected chi connectivity index (χ1v) is 5.92. The molecule has 0 saturated heterocycles. The molecular weight excluding hydrogens is 264 g/mol. The molecule has 0 radical (unpaired) electrons. The molecule has 0 fully saturated rings. The van der Waals surface area contributed by atoms with E-state index in [-0.39, 0.29) is 0 Å².